The first-order valence-electron chi connectivity index (χ1n) is 9.30. The summed E-state index contributed by atoms with van der Waals surface area (Å²) in [7, 11) is -3.37. The highest BCUT2D eigenvalue weighted by Crippen LogP contribution is 2.36. The Morgan fingerprint density at radius 2 is 1.94 bits per heavy atom. The molecule has 1 aliphatic rings. The number of carbonyl (C=O) groups is 1. The third-order valence-electron chi connectivity index (χ3n) is 4.73. The summed E-state index contributed by atoms with van der Waals surface area (Å²) in [4.78, 5) is 24.6. The van der Waals surface area contributed by atoms with Gasteiger partial charge in [-0.05, 0) is 52.0 Å². The Morgan fingerprint density at radius 3 is 2.58 bits per heavy atom. The molecule has 3 aromatic rings. The van der Waals surface area contributed by atoms with Crippen LogP contribution in [0.3, 0.4) is 0 Å². The predicted molar refractivity (Wildman–Crippen MR) is 121 cm³/mol. The first-order chi connectivity index (χ1) is 14.8. The zero-order chi connectivity index (χ0) is 22.0. The van der Waals surface area contributed by atoms with Gasteiger partial charge in [-0.3, -0.25) is 9.52 Å². The van der Waals surface area contributed by atoms with Gasteiger partial charge in [0, 0.05) is 12.1 Å². The first-order valence-corrected chi connectivity index (χ1v) is 12.1. The summed E-state index contributed by atoms with van der Waals surface area (Å²) in [5.41, 5.74) is 2.94. The number of carbonyl (C=O) groups excluding carboxylic acids is 1. The number of nitrogens with zero attached hydrogens (tertiary/aromatic N) is 3. The van der Waals surface area contributed by atoms with Crippen molar-refractivity contribution in [2.45, 2.75) is 12.5 Å². The van der Waals surface area contributed by atoms with Crippen LogP contribution in [0.1, 0.15) is 33.3 Å². The molecule has 1 aromatic heterocycles. The molecule has 10 heteroatoms. The zero-order valence-corrected chi connectivity index (χ0v) is 18.1. The number of nitroso groups, excluding NO2 is 1. The molecule has 1 N–H and O–H groups in total. The Kier molecular flexibility index (Phi) is 5.66. The number of amides is 1. The second-order valence-corrected chi connectivity index (χ2v) is 9.73. The van der Waals surface area contributed by atoms with Crippen LogP contribution in [0.2, 0.25) is 0 Å². The van der Waals surface area contributed by atoms with E-state index in [9.17, 15) is 18.1 Å². The Morgan fingerprint density at radius 1 is 1.16 bits per heavy atom. The van der Waals surface area contributed by atoms with Crippen molar-refractivity contribution >= 4 is 44.4 Å². The lowest BCUT2D eigenvalue weighted by atomic mass is 9.98. The van der Waals surface area contributed by atoms with E-state index < -0.39 is 10.0 Å². The van der Waals surface area contributed by atoms with Crippen LogP contribution in [0, 0.1) is 4.91 Å². The minimum absolute atomic E-state index is 0.227. The minimum Gasteiger partial charge on any atom is -0.284 e. The van der Waals surface area contributed by atoms with Crippen LogP contribution in [-0.4, -0.2) is 31.3 Å². The molecule has 0 bridgehead atoms. The predicted octanol–water partition coefficient (Wildman–Crippen LogP) is 4.51. The van der Waals surface area contributed by atoms with Crippen molar-refractivity contribution in [1.82, 2.24) is 5.01 Å². The van der Waals surface area contributed by atoms with Crippen LogP contribution >= 0.6 is 11.3 Å². The summed E-state index contributed by atoms with van der Waals surface area (Å²) >= 11 is 1.33. The van der Waals surface area contributed by atoms with Crippen LogP contribution in [0.15, 0.2) is 76.3 Å². The average Bonchev–Trinajstić information content (AvgIpc) is 3.43. The van der Waals surface area contributed by atoms with Crippen LogP contribution in [0.25, 0.3) is 0 Å². The number of thiophene rings is 1. The van der Waals surface area contributed by atoms with Crippen molar-refractivity contribution in [3.63, 3.8) is 0 Å². The molecule has 0 fully saturated rings. The molecular formula is C21H18N4O4S2. The van der Waals surface area contributed by atoms with Gasteiger partial charge < -0.3 is 0 Å². The van der Waals surface area contributed by atoms with E-state index in [0.29, 0.717) is 22.7 Å². The quantitative estimate of drug-likeness (QED) is 0.553. The van der Waals surface area contributed by atoms with Crippen molar-refractivity contribution in [3.05, 3.63) is 87.0 Å². The fourth-order valence-corrected chi connectivity index (χ4v) is 4.60. The van der Waals surface area contributed by atoms with Crippen molar-refractivity contribution < 1.29 is 13.2 Å². The molecular weight excluding hydrogens is 436 g/mol. The molecule has 0 saturated carbocycles. The molecule has 2 heterocycles. The zero-order valence-electron chi connectivity index (χ0n) is 16.4. The Labute approximate surface area is 183 Å². The lowest BCUT2D eigenvalue weighted by Gasteiger charge is -2.21. The maximum absolute atomic E-state index is 13.1. The molecule has 4 rings (SSSR count). The van der Waals surface area contributed by atoms with Gasteiger partial charge in [-0.15, -0.1) is 16.2 Å². The second-order valence-electron chi connectivity index (χ2n) is 7.03. The maximum atomic E-state index is 13.1. The van der Waals surface area contributed by atoms with Gasteiger partial charge in [0.05, 0.1) is 22.9 Å². The molecule has 0 radical (unpaired) electrons. The summed E-state index contributed by atoms with van der Waals surface area (Å²) in [6.07, 6.45) is 1.53. The van der Waals surface area contributed by atoms with Gasteiger partial charge in [-0.2, -0.15) is 5.10 Å². The highest BCUT2D eigenvalue weighted by molar-refractivity contribution is 7.92. The Bertz CT molecular complexity index is 1250. The lowest BCUT2D eigenvalue weighted by Crippen LogP contribution is -2.26. The molecule has 31 heavy (non-hydrogen) atoms. The monoisotopic (exact) mass is 454 g/mol. The molecule has 1 amide bonds. The van der Waals surface area contributed by atoms with Crippen molar-refractivity contribution in [3.8, 4) is 0 Å². The maximum Gasteiger partial charge on any atom is 0.284 e. The summed E-state index contributed by atoms with van der Waals surface area (Å²) in [5.74, 6) is -0.227. The SMILES string of the molecule is CS(=O)(=O)Nc1ccc(C2=NN(C(=O)c3cccs3)C(c3cccc(N=O)c3)C2)cc1. The van der Waals surface area contributed by atoms with E-state index in [4.69, 9.17) is 0 Å². The van der Waals surface area contributed by atoms with E-state index in [-0.39, 0.29) is 17.6 Å². The van der Waals surface area contributed by atoms with E-state index in [1.807, 2.05) is 11.4 Å². The van der Waals surface area contributed by atoms with Gasteiger partial charge in [0.15, 0.2) is 0 Å². The highest BCUT2D eigenvalue weighted by atomic mass is 32.2. The molecule has 1 aliphatic heterocycles. The molecule has 2 aromatic carbocycles. The number of anilines is 1. The average molecular weight is 455 g/mol. The summed E-state index contributed by atoms with van der Waals surface area (Å²) < 4.78 is 25.3. The number of hydrazone groups is 1. The largest absolute Gasteiger partial charge is 0.284 e. The van der Waals surface area contributed by atoms with Gasteiger partial charge in [0.2, 0.25) is 10.0 Å². The van der Waals surface area contributed by atoms with Gasteiger partial charge in [-0.1, -0.05) is 30.3 Å². The van der Waals surface area contributed by atoms with Crippen LogP contribution < -0.4 is 4.72 Å². The standard InChI is InChI=1S/C21H18N4O4S2/c1-31(28,29)24-16-9-7-14(8-10-16)18-13-19(15-4-2-5-17(12-15)23-27)25(22-18)21(26)20-6-3-11-30-20/h2-12,19,24H,13H2,1H3. The molecule has 0 spiro atoms. The molecule has 1 unspecified atom stereocenters. The van der Waals surface area contributed by atoms with Crippen molar-refractivity contribution in [2.24, 2.45) is 10.3 Å². The number of rotatable bonds is 6. The van der Waals surface area contributed by atoms with Gasteiger partial charge in [0.1, 0.15) is 5.69 Å². The van der Waals surface area contributed by atoms with Gasteiger partial charge in [0.25, 0.3) is 5.91 Å². The topological polar surface area (TPSA) is 108 Å². The van der Waals surface area contributed by atoms with E-state index in [1.165, 1.54) is 16.3 Å². The summed E-state index contributed by atoms with van der Waals surface area (Å²) in [6.45, 7) is 0. The highest BCUT2D eigenvalue weighted by Gasteiger charge is 2.34. The van der Waals surface area contributed by atoms with E-state index in [1.54, 1.807) is 54.6 Å². The van der Waals surface area contributed by atoms with E-state index in [2.05, 4.69) is 15.0 Å². The number of benzene rings is 2. The van der Waals surface area contributed by atoms with Crippen molar-refractivity contribution in [2.75, 3.05) is 11.0 Å². The summed E-state index contributed by atoms with van der Waals surface area (Å²) in [5, 5.41) is 10.9. The van der Waals surface area contributed by atoms with E-state index in [0.717, 1.165) is 17.4 Å². The lowest BCUT2D eigenvalue weighted by molar-refractivity contribution is 0.0716. The van der Waals surface area contributed by atoms with E-state index >= 15 is 0 Å². The van der Waals surface area contributed by atoms with Gasteiger partial charge in [-0.25, -0.2) is 13.4 Å². The number of nitrogens with one attached hydrogen (secondary N) is 1. The molecule has 158 valence electrons. The van der Waals surface area contributed by atoms with Gasteiger partial charge >= 0.3 is 0 Å². The minimum atomic E-state index is -3.37. The Hall–Kier alpha value is -3.37. The third kappa shape index (κ3) is 4.70. The molecule has 8 nitrogen and oxygen atoms in total. The third-order valence-corrected chi connectivity index (χ3v) is 6.20. The molecule has 0 saturated heterocycles. The second kappa shape index (κ2) is 8.40. The number of hydrogen-bond donors (Lipinski definition) is 1. The number of sulfonamides is 1. The normalized spacial score (nSPS) is 16.1. The first kappa shape index (κ1) is 20.9. The molecule has 0 aliphatic carbocycles. The Balaban J connectivity index is 1.68. The molecule has 1 atom stereocenters. The smallest absolute Gasteiger partial charge is 0.284 e. The number of hydrogen-bond acceptors (Lipinski definition) is 7. The summed E-state index contributed by atoms with van der Waals surface area (Å²) in [6, 6.07) is 16.8. The van der Waals surface area contributed by atoms with Crippen LogP contribution in [0.4, 0.5) is 11.4 Å². The fourth-order valence-electron chi connectivity index (χ4n) is 3.38. The van der Waals surface area contributed by atoms with Crippen LogP contribution in [-0.2, 0) is 10.0 Å². The fraction of sp³-hybridized carbons (Fsp3) is 0.143. The van der Waals surface area contributed by atoms with Crippen molar-refractivity contribution in [1.29, 1.82) is 0 Å². The van der Waals surface area contributed by atoms with Crippen LogP contribution in [0.5, 0.6) is 0 Å².